The van der Waals surface area contributed by atoms with E-state index >= 15 is 0 Å². The normalized spacial score (nSPS) is 12.6. The molecule has 0 spiro atoms. The summed E-state index contributed by atoms with van der Waals surface area (Å²) in [5, 5.41) is 12.6. The van der Waals surface area contributed by atoms with Crippen molar-refractivity contribution in [1.82, 2.24) is 19.9 Å². The van der Waals surface area contributed by atoms with Crippen LogP contribution < -0.4 is 11.1 Å². The average molecular weight is 334 g/mol. The Kier molecular flexibility index (Phi) is 5.99. The summed E-state index contributed by atoms with van der Waals surface area (Å²) in [6, 6.07) is 6.07. The third-order valence-electron chi connectivity index (χ3n) is 3.37. The molecule has 1 atom stereocenters. The number of rotatable bonds is 7. The Morgan fingerprint density at radius 3 is 2.42 bits per heavy atom. The van der Waals surface area contributed by atoms with Crippen LogP contribution in [0.25, 0.3) is 0 Å². The third kappa shape index (κ3) is 5.39. The second-order valence-corrected chi connectivity index (χ2v) is 5.94. The molecule has 7 nitrogen and oxygen atoms in total. The molecule has 0 bridgehead atoms. The highest BCUT2D eigenvalue weighted by Gasteiger charge is 2.15. The quantitative estimate of drug-likeness (QED) is 0.711. The van der Waals surface area contributed by atoms with E-state index in [0.717, 1.165) is 0 Å². The lowest BCUT2D eigenvalue weighted by molar-refractivity contribution is 0.101. The summed E-state index contributed by atoms with van der Waals surface area (Å²) in [6.45, 7) is 6.74. The third-order valence-corrected chi connectivity index (χ3v) is 3.37. The SMILES string of the molecule is CC(O)CN(Cc1nc(N)nc(Nc2ccc(F)cc2)n1)C(C)C. The molecular weight excluding hydrogens is 311 g/mol. The van der Waals surface area contributed by atoms with Crippen molar-refractivity contribution in [2.45, 2.75) is 39.5 Å². The Labute approximate surface area is 140 Å². The van der Waals surface area contributed by atoms with Gasteiger partial charge in [0.25, 0.3) is 0 Å². The van der Waals surface area contributed by atoms with E-state index in [9.17, 15) is 9.50 Å². The molecule has 2 aromatic rings. The first kappa shape index (κ1) is 18.0. The van der Waals surface area contributed by atoms with Crippen molar-refractivity contribution in [3.8, 4) is 0 Å². The van der Waals surface area contributed by atoms with Crippen molar-refractivity contribution in [2.75, 3.05) is 17.6 Å². The maximum Gasteiger partial charge on any atom is 0.232 e. The van der Waals surface area contributed by atoms with Crippen LogP contribution in [-0.2, 0) is 6.54 Å². The summed E-state index contributed by atoms with van der Waals surface area (Å²) >= 11 is 0. The fourth-order valence-electron chi connectivity index (χ4n) is 2.21. The van der Waals surface area contributed by atoms with E-state index in [-0.39, 0.29) is 17.8 Å². The molecule has 4 N–H and O–H groups in total. The molecule has 0 aliphatic carbocycles. The molecule has 0 fully saturated rings. The van der Waals surface area contributed by atoms with Gasteiger partial charge in [-0.25, -0.2) is 4.39 Å². The number of nitrogens with one attached hydrogen (secondary N) is 1. The van der Waals surface area contributed by atoms with E-state index in [0.29, 0.717) is 30.5 Å². The van der Waals surface area contributed by atoms with Crippen molar-refractivity contribution in [2.24, 2.45) is 0 Å². The van der Waals surface area contributed by atoms with E-state index in [4.69, 9.17) is 5.73 Å². The molecule has 1 aromatic carbocycles. The molecule has 1 heterocycles. The van der Waals surface area contributed by atoms with E-state index in [2.05, 4.69) is 20.3 Å². The summed E-state index contributed by atoms with van der Waals surface area (Å²) in [5.41, 5.74) is 6.41. The first-order chi connectivity index (χ1) is 11.3. The average Bonchev–Trinajstić information content (AvgIpc) is 2.48. The van der Waals surface area contributed by atoms with Crippen LogP contribution in [0.4, 0.5) is 22.0 Å². The Hall–Kier alpha value is -2.32. The number of hydrogen-bond acceptors (Lipinski definition) is 7. The van der Waals surface area contributed by atoms with Crippen LogP contribution in [0, 0.1) is 5.82 Å². The van der Waals surface area contributed by atoms with Crippen LogP contribution >= 0.6 is 0 Å². The standard InChI is InChI=1S/C16H23FN6O/c1-10(2)23(8-11(3)24)9-14-20-15(18)22-16(21-14)19-13-6-4-12(17)5-7-13/h4-7,10-11,24H,8-9H2,1-3H3,(H3,18,19,20,21,22). The number of nitrogen functional groups attached to an aromatic ring is 1. The number of anilines is 3. The first-order valence-corrected chi connectivity index (χ1v) is 7.78. The molecule has 24 heavy (non-hydrogen) atoms. The van der Waals surface area contributed by atoms with Crippen molar-refractivity contribution in [1.29, 1.82) is 0 Å². The maximum atomic E-state index is 13.0. The predicted octanol–water partition coefficient (Wildman–Crippen LogP) is 1.93. The summed E-state index contributed by atoms with van der Waals surface area (Å²) in [4.78, 5) is 14.6. The van der Waals surface area contributed by atoms with Gasteiger partial charge in [0.2, 0.25) is 11.9 Å². The van der Waals surface area contributed by atoms with Gasteiger partial charge in [-0.2, -0.15) is 15.0 Å². The fourth-order valence-corrected chi connectivity index (χ4v) is 2.21. The van der Waals surface area contributed by atoms with Crippen molar-refractivity contribution < 1.29 is 9.50 Å². The number of hydrogen-bond donors (Lipinski definition) is 3. The Balaban J connectivity index is 2.16. The monoisotopic (exact) mass is 334 g/mol. The lowest BCUT2D eigenvalue weighted by Gasteiger charge is -2.26. The van der Waals surface area contributed by atoms with Crippen LogP contribution in [0.1, 0.15) is 26.6 Å². The molecule has 1 unspecified atom stereocenters. The second-order valence-electron chi connectivity index (χ2n) is 5.94. The highest BCUT2D eigenvalue weighted by molar-refractivity contribution is 5.53. The Bertz CT molecular complexity index is 662. The zero-order valence-corrected chi connectivity index (χ0v) is 14.1. The topological polar surface area (TPSA) is 100 Å². The Morgan fingerprint density at radius 2 is 1.83 bits per heavy atom. The molecule has 0 radical (unpaired) electrons. The van der Waals surface area contributed by atoms with Crippen LogP contribution in [0.3, 0.4) is 0 Å². The number of nitrogens with zero attached hydrogens (tertiary/aromatic N) is 4. The van der Waals surface area contributed by atoms with Crippen molar-refractivity contribution >= 4 is 17.6 Å². The summed E-state index contributed by atoms with van der Waals surface area (Å²) in [5.74, 6) is 0.582. The number of aliphatic hydroxyl groups excluding tert-OH is 1. The largest absolute Gasteiger partial charge is 0.392 e. The minimum Gasteiger partial charge on any atom is -0.392 e. The molecule has 130 valence electrons. The molecular formula is C16H23FN6O. The highest BCUT2D eigenvalue weighted by Crippen LogP contribution is 2.15. The minimum atomic E-state index is -0.455. The predicted molar refractivity (Wildman–Crippen MR) is 91.1 cm³/mol. The van der Waals surface area contributed by atoms with Gasteiger partial charge in [0, 0.05) is 18.3 Å². The maximum absolute atomic E-state index is 13.0. The lowest BCUT2D eigenvalue weighted by Crippen LogP contribution is -2.36. The summed E-state index contributed by atoms with van der Waals surface area (Å²) in [6.07, 6.45) is -0.455. The second kappa shape index (κ2) is 7.98. The zero-order chi connectivity index (χ0) is 17.7. The summed E-state index contributed by atoms with van der Waals surface area (Å²) in [7, 11) is 0. The smallest absolute Gasteiger partial charge is 0.232 e. The van der Waals surface area contributed by atoms with Gasteiger partial charge in [-0.3, -0.25) is 4.90 Å². The zero-order valence-electron chi connectivity index (χ0n) is 14.1. The van der Waals surface area contributed by atoms with Crippen molar-refractivity contribution in [3.63, 3.8) is 0 Å². The number of nitrogens with two attached hydrogens (primary N) is 1. The van der Waals surface area contributed by atoms with Crippen LogP contribution in [0.2, 0.25) is 0 Å². The molecule has 0 amide bonds. The number of aromatic nitrogens is 3. The van der Waals surface area contributed by atoms with Gasteiger partial charge in [0.15, 0.2) is 0 Å². The van der Waals surface area contributed by atoms with Gasteiger partial charge in [0.05, 0.1) is 12.6 Å². The van der Waals surface area contributed by atoms with Gasteiger partial charge in [-0.05, 0) is 45.0 Å². The highest BCUT2D eigenvalue weighted by atomic mass is 19.1. The van der Waals surface area contributed by atoms with E-state index < -0.39 is 6.10 Å². The number of aliphatic hydroxyl groups is 1. The fraction of sp³-hybridized carbons (Fsp3) is 0.438. The number of benzene rings is 1. The van der Waals surface area contributed by atoms with Crippen LogP contribution in [-0.4, -0.2) is 43.6 Å². The molecule has 1 aromatic heterocycles. The molecule has 0 saturated heterocycles. The van der Waals surface area contributed by atoms with Crippen molar-refractivity contribution in [3.05, 3.63) is 35.9 Å². The molecule has 0 aliphatic rings. The summed E-state index contributed by atoms with van der Waals surface area (Å²) < 4.78 is 13.0. The lowest BCUT2D eigenvalue weighted by atomic mass is 10.2. The van der Waals surface area contributed by atoms with Crippen LogP contribution in [0.15, 0.2) is 24.3 Å². The first-order valence-electron chi connectivity index (χ1n) is 7.78. The minimum absolute atomic E-state index is 0.102. The van der Waals surface area contributed by atoms with E-state index in [1.165, 1.54) is 12.1 Å². The van der Waals surface area contributed by atoms with Gasteiger partial charge < -0.3 is 16.2 Å². The van der Waals surface area contributed by atoms with Gasteiger partial charge in [0.1, 0.15) is 11.6 Å². The van der Waals surface area contributed by atoms with E-state index in [1.807, 2.05) is 18.7 Å². The van der Waals surface area contributed by atoms with Gasteiger partial charge >= 0.3 is 0 Å². The molecule has 0 aliphatic heterocycles. The molecule has 2 rings (SSSR count). The van der Waals surface area contributed by atoms with Gasteiger partial charge in [-0.1, -0.05) is 0 Å². The van der Waals surface area contributed by atoms with Gasteiger partial charge in [-0.15, -0.1) is 0 Å². The molecule has 8 heteroatoms. The van der Waals surface area contributed by atoms with Crippen LogP contribution in [0.5, 0.6) is 0 Å². The molecule has 0 saturated carbocycles. The number of halogens is 1. The Morgan fingerprint density at radius 1 is 1.17 bits per heavy atom. The van der Waals surface area contributed by atoms with E-state index in [1.54, 1.807) is 19.1 Å².